The van der Waals surface area contributed by atoms with E-state index in [1.165, 1.54) is 0 Å². The summed E-state index contributed by atoms with van der Waals surface area (Å²) < 4.78 is 0. The first-order valence-electron chi connectivity index (χ1n) is 9.83. The Morgan fingerprint density at radius 2 is 1.58 bits per heavy atom. The van der Waals surface area contributed by atoms with E-state index in [-0.39, 0.29) is 5.92 Å². The topological polar surface area (TPSA) is 74.6 Å². The van der Waals surface area contributed by atoms with Gasteiger partial charge in [0.05, 0.1) is 10.8 Å². The van der Waals surface area contributed by atoms with Crippen LogP contribution in [-0.2, 0) is 9.59 Å². The average Bonchev–Trinajstić information content (AvgIpc) is 2.55. The highest BCUT2D eigenvalue weighted by Crippen LogP contribution is 2.60. The van der Waals surface area contributed by atoms with Crippen molar-refractivity contribution in [1.82, 2.24) is 0 Å². The van der Waals surface area contributed by atoms with Gasteiger partial charge in [-0.3, -0.25) is 9.59 Å². The Morgan fingerprint density at radius 1 is 0.958 bits per heavy atom. The molecular weight excluding hydrogens is 304 g/mol. The van der Waals surface area contributed by atoms with Crippen LogP contribution in [0, 0.1) is 22.7 Å². The lowest BCUT2D eigenvalue weighted by atomic mass is 9.47. The quantitative estimate of drug-likeness (QED) is 0.676. The van der Waals surface area contributed by atoms with E-state index in [9.17, 15) is 19.8 Å². The number of carbonyl (C=O) groups is 2. The highest BCUT2D eigenvalue weighted by molar-refractivity contribution is 5.87. The van der Waals surface area contributed by atoms with Crippen LogP contribution in [0.5, 0.6) is 0 Å². The number of hydrogen-bond acceptors (Lipinski definition) is 2. The van der Waals surface area contributed by atoms with Gasteiger partial charge in [-0.05, 0) is 43.9 Å². The van der Waals surface area contributed by atoms with Gasteiger partial charge in [0.15, 0.2) is 0 Å². The first-order valence-corrected chi connectivity index (χ1v) is 9.83. The molecule has 2 aliphatic carbocycles. The molecule has 0 spiro atoms. The van der Waals surface area contributed by atoms with Crippen LogP contribution in [-0.4, -0.2) is 22.2 Å². The zero-order valence-corrected chi connectivity index (χ0v) is 15.4. The highest BCUT2D eigenvalue weighted by atomic mass is 16.4. The monoisotopic (exact) mass is 338 g/mol. The highest BCUT2D eigenvalue weighted by Gasteiger charge is 2.64. The van der Waals surface area contributed by atoms with Gasteiger partial charge in [0.25, 0.3) is 0 Å². The van der Waals surface area contributed by atoms with Gasteiger partial charge >= 0.3 is 11.9 Å². The average molecular weight is 338 g/mol. The molecule has 24 heavy (non-hydrogen) atoms. The van der Waals surface area contributed by atoms with Crippen molar-refractivity contribution >= 4 is 11.9 Å². The zero-order chi connectivity index (χ0) is 17.8. The van der Waals surface area contributed by atoms with Gasteiger partial charge in [-0.25, -0.2) is 0 Å². The summed E-state index contributed by atoms with van der Waals surface area (Å²) in [4.78, 5) is 25.0. The van der Waals surface area contributed by atoms with Gasteiger partial charge in [0.2, 0.25) is 0 Å². The summed E-state index contributed by atoms with van der Waals surface area (Å²) in [5.41, 5.74) is -2.14. The molecule has 0 saturated heterocycles. The fourth-order valence-electron chi connectivity index (χ4n) is 5.53. The normalized spacial score (nSPS) is 32.0. The largest absolute Gasteiger partial charge is 0.481 e. The Labute approximate surface area is 146 Å². The van der Waals surface area contributed by atoms with Gasteiger partial charge in [-0.15, -0.1) is 0 Å². The Bertz CT molecular complexity index is 453. The van der Waals surface area contributed by atoms with Crippen LogP contribution in [0.2, 0.25) is 0 Å². The van der Waals surface area contributed by atoms with Gasteiger partial charge in [-0.2, -0.15) is 0 Å². The molecule has 0 aromatic rings. The fraction of sp³-hybridized carbons (Fsp3) is 0.900. The molecule has 2 atom stereocenters. The van der Waals surface area contributed by atoms with Crippen LogP contribution in [0.3, 0.4) is 0 Å². The van der Waals surface area contributed by atoms with Crippen LogP contribution in [0.1, 0.15) is 90.9 Å². The lowest BCUT2D eigenvalue weighted by Crippen LogP contribution is -2.58. The number of carboxylic acids is 2. The maximum Gasteiger partial charge on any atom is 0.311 e. The number of carboxylic acid groups (broad SMARTS) is 2. The van der Waals surface area contributed by atoms with Crippen molar-refractivity contribution in [3.8, 4) is 0 Å². The van der Waals surface area contributed by atoms with E-state index in [0.29, 0.717) is 25.2 Å². The summed E-state index contributed by atoms with van der Waals surface area (Å²) in [7, 11) is 0. The second-order valence-corrected chi connectivity index (χ2v) is 8.49. The van der Waals surface area contributed by atoms with Crippen LogP contribution < -0.4 is 0 Å². The Kier molecular flexibility index (Phi) is 6.33. The summed E-state index contributed by atoms with van der Waals surface area (Å²) in [5.74, 6) is -1.16. The first kappa shape index (κ1) is 19.3. The Balaban J connectivity index is 2.41. The summed E-state index contributed by atoms with van der Waals surface area (Å²) >= 11 is 0. The minimum absolute atomic E-state index is 0.0270. The number of rotatable bonds is 7. The zero-order valence-electron chi connectivity index (χ0n) is 15.4. The molecule has 0 heterocycles. The smallest absolute Gasteiger partial charge is 0.311 e. The lowest BCUT2D eigenvalue weighted by molar-refractivity contribution is -0.190. The molecule has 2 rings (SSSR count). The molecule has 0 amide bonds. The van der Waals surface area contributed by atoms with E-state index in [1.807, 2.05) is 0 Å². The molecule has 2 unspecified atom stereocenters. The van der Waals surface area contributed by atoms with Crippen LogP contribution >= 0.6 is 0 Å². The molecule has 0 aliphatic heterocycles. The summed E-state index contributed by atoms with van der Waals surface area (Å²) in [6.07, 6.45) is 10.1. The third-order valence-corrected chi connectivity index (χ3v) is 6.76. The Hall–Kier alpha value is -1.06. The van der Waals surface area contributed by atoms with Crippen molar-refractivity contribution in [3.05, 3.63) is 0 Å². The predicted molar refractivity (Wildman–Crippen MR) is 93.9 cm³/mol. The molecule has 2 saturated carbocycles. The third kappa shape index (κ3) is 3.34. The van der Waals surface area contributed by atoms with Crippen molar-refractivity contribution in [2.45, 2.75) is 90.9 Å². The summed E-state index contributed by atoms with van der Waals surface area (Å²) in [5, 5.41) is 20.5. The molecule has 138 valence electrons. The van der Waals surface area contributed by atoms with Crippen molar-refractivity contribution in [2.24, 2.45) is 22.7 Å². The van der Waals surface area contributed by atoms with Crippen molar-refractivity contribution in [3.63, 3.8) is 0 Å². The molecule has 2 aliphatic rings. The SMILES string of the molecule is CC(C)CCCC1(C(=O)O)CCCCC1(C(=O)O)C1CCCCC1. The minimum Gasteiger partial charge on any atom is -0.481 e. The number of aliphatic carboxylic acids is 2. The van der Waals surface area contributed by atoms with E-state index in [0.717, 1.165) is 57.8 Å². The van der Waals surface area contributed by atoms with Gasteiger partial charge < -0.3 is 10.2 Å². The third-order valence-electron chi connectivity index (χ3n) is 6.76. The first-order chi connectivity index (χ1) is 11.4. The van der Waals surface area contributed by atoms with E-state index >= 15 is 0 Å². The molecule has 0 aromatic heterocycles. The maximum absolute atomic E-state index is 12.5. The summed E-state index contributed by atoms with van der Waals surface area (Å²) in [6, 6.07) is 0. The molecule has 0 bridgehead atoms. The molecule has 0 aromatic carbocycles. The summed E-state index contributed by atoms with van der Waals surface area (Å²) in [6.45, 7) is 4.28. The van der Waals surface area contributed by atoms with E-state index in [2.05, 4.69) is 13.8 Å². The van der Waals surface area contributed by atoms with E-state index in [4.69, 9.17) is 0 Å². The van der Waals surface area contributed by atoms with E-state index in [1.54, 1.807) is 0 Å². The van der Waals surface area contributed by atoms with Crippen LogP contribution in [0.15, 0.2) is 0 Å². The lowest BCUT2D eigenvalue weighted by Gasteiger charge is -2.53. The Morgan fingerprint density at radius 3 is 2.12 bits per heavy atom. The van der Waals surface area contributed by atoms with Gasteiger partial charge in [-0.1, -0.05) is 58.8 Å². The van der Waals surface area contributed by atoms with E-state index < -0.39 is 22.8 Å². The molecule has 4 nitrogen and oxygen atoms in total. The van der Waals surface area contributed by atoms with Crippen LogP contribution in [0.4, 0.5) is 0 Å². The van der Waals surface area contributed by atoms with Gasteiger partial charge in [0.1, 0.15) is 0 Å². The van der Waals surface area contributed by atoms with Crippen molar-refractivity contribution in [1.29, 1.82) is 0 Å². The molecule has 4 heteroatoms. The minimum atomic E-state index is -1.08. The molecular formula is C20H34O4. The van der Waals surface area contributed by atoms with Crippen molar-refractivity contribution in [2.75, 3.05) is 0 Å². The van der Waals surface area contributed by atoms with Crippen molar-refractivity contribution < 1.29 is 19.8 Å². The molecule has 2 N–H and O–H groups in total. The second kappa shape index (κ2) is 7.88. The fourth-order valence-corrected chi connectivity index (χ4v) is 5.53. The van der Waals surface area contributed by atoms with Crippen LogP contribution in [0.25, 0.3) is 0 Å². The molecule has 0 radical (unpaired) electrons. The second-order valence-electron chi connectivity index (χ2n) is 8.49. The predicted octanol–water partition coefficient (Wildman–Crippen LogP) is 5.11. The maximum atomic E-state index is 12.5. The van der Waals surface area contributed by atoms with Gasteiger partial charge in [0, 0.05) is 0 Å². The standard InChI is InChI=1S/C20H34O4/c1-15(2)9-8-13-19(17(21)22)12-6-7-14-20(19,18(23)24)16-10-4-3-5-11-16/h15-16H,3-14H2,1-2H3,(H,21,22)(H,23,24). The number of hydrogen-bond donors (Lipinski definition) is 2. The molecule has 2 fully saturated rings.